The summed E-state index contributed by atoms with van der Waals surface area (Å²) < 4.78 is 12.6. The first-order valence-electron chi connectivity index (χ1n) is 19.4. The highest BCUT2D eigenvalue weighted by Crippen LogP contribution is 2.60. The fourth-order valence-electron chi connectivity index (χ4n) is 9.67. The minimum atomic E-state index is -0.363. The van der Waals surface area contributed by atoms with Crippen LogP contribution in [0.25, 0.3) is 0 Å². The second kappa shape index (κ2) is 16.6. The van der Waals surface area contributed by atoms with Crippen LogP contribution in [0.15, 0.2) is 46.7 Å². The maximum absolute atomic E-state index is 10.8. The zero-order valence-electron chi connectivity index (χ0n) is 30.2. The first-order chi connectivity index (χ1) is 23.8. The zero-order chi connectivity index (χ0) is 34.4. The van der Waals surface area contributed by atoms with Crippen molar-refractivity contribution in [2.24, 2.45) is 28.2 Å². The van der Waals surface area contributed by atoms with Crippen LogP contribution in [0.3, 0.4) is 0 Å². The zero-order valence-corrected chi connectivity index (χ0v) is 30.2. The lowest BCUT2D eigenvalue weighted by molar-refractivity contribution is 0.115. The molecule has 49 heavy (non-hydrogen) atoms. The topological polar surface area (TPSA) is 116 Å². The number of aliphatic hydroxyl groups is 2. The summed E-state index contributed by atoms with van der Waals surface area (Å²) in [4.78, 5) is 5.41. The van der Waals surface area contributed by atoms with Crippen molar-refractivity contribution in [3.63, 3.8) is 0 Å². The number of aliphatic imine (C=N–C) groups is 1. The Bertz CT molecular complexity index is 1330. The van der Waals surface area contributed by atoms with E-state index in [4.69, 9.17) is 14.5 Å². The Morgan fingerprint density at radius 3 is 2.76 bits per heavy atom. The van der Waals surface area contributed by atoms with Gasteiger partial charge in [0.05, 0.1) is 24.5 Å². The number of aryl methyl sites for hydroxylation is 1. The predicted molar refractivity (Wildman–Crippen MR) is 195 cm³/mol. The van der Waals surface area contributed by atoms with Gasteiger partial charge in [0, 0.05) is 25.8 Å². The van der Waals surface area contributed by atoms with Gasteiger partial charge in [-0.15, -0.1) is 4.99 Å². The molecule has 3 aliphatic carbocycles. The Labute approximate surface area is 294 Å². The molecule has 6 atom stereocenters. The molecule has 1 aromatic carbocycles. The summed E-state index contributed by atoms with van der Waals surface area (Å²) in [7, 11) is 0. The van der Waals surface area contributed by atoms with Crippen molar-refractivity contribution in [2.45, 2.75) is 122 Å². The van der Waals surface area contributed by atoms with E-state index in [1.165, 1.54) is 56.2 Å². The van der Waals surface area contributed by atoms with Gasteiger partial charge in [-0.1, -0.05) is 64.2 Å². The molecule has 5 aliphatic rings. The summed E-state index contributed by atoms with van der Waals surface area (Å²) in [5, 5.41) is 37.9. The molecule has 2 aliphatic heterocycles. The van der Waals surface area contributed by atoms with Crippen LogP contribution in [-0.4, -0.2) is 72.1 Å². The van der Waals surface area contributed by atoms with Gasteiger partial charge in [0.15, 0.2) is 23.3 Å². The number of phenols is 1. The van der Waals surface area contributed by atoms with Crippen LogP contribution in [0.1, 0.15) is 103 Å². The molecule has 8 heteroatoms. The number of nitrogens with one attached hydrogen (secondary N) is 2. The number of unbranched alkanes of at least 4 members (excludes halogenated alkanes) is 1. The molecule has 0 bridgehead atoms. The standard InChI is InChI=1S/C41H61N3O5/c1-4-6-12-39-29(25-45)20-30(49-39)15-13-28-14-16-38(47)40(19-28)48-26-37(43-5-2)35-21-32-33(24-42-23-27(3)46)31-10-9-11-34(31)41(17-7-8-18-41)22-36(32)44-35/h14,16,19-21,27,31,33-34,37,39,42-43,45-47H,4-13,15,17-18,22-26H2,1-3H3/t27-,31+,33-,34+,37-,39?/m0/s1. The second-order valence-corrected chi connectivity index (χ2v) is 15.5. The van der Waals surface area contributed by atoms with E-state index >= 15 is 0 Å². The molecule has 3 saturated carbocycles. The molecule has 6 rings (SSSR count). The van der Waals surface area contributed by atoms with Gasteiger partial charge in [0.1, 0.15) is 18.2 Å². The molecule has 0 radical (unpaired) electrons. The molecular weight excluding hydrogens is 614 g/mol. The van der Waals surface area contributed by atoms with Crippen LogP contribution in [0.5, 0.6) is 11.5 Å². The lowest BCUT2D eigenvalue weighted by Gasteiger charge is -2.37. The molecule has 270 valence electrons. The number of aliphatic hydroxyl groups excluding tert-OH is 2. The normalized spacial score (nSPS) is 26.9. The summed E-state index contributed by atoms with van der Waals surface area (Å²) in [6.45, 7) is 8.81. The van der Waals surface area contributed by atoms with Crippen LogP contribution < -0.4 is 15.4 Å². The van der Waals surface area contributed by atoms with Crippen molar-refractivity contribution in [2.75, 3.05) is 32.8 Å². The first kappa shape index (κ1) is 36.2. The molecule has 1 unspecified atom stereocenters. The van der Waals surface area contributed by atoms with Crippen LogP contribution in [-0.2, 0) is 11.2 Å². The van der Waals surface area contributed by atoms with Crippen molar-refractivity contribution < 1.29 is 24.8 Å². The minimum absolute atomic E-state index is 0.0134. The molecule has 2 heterocycles. The molecular formula is C41H61N3O5. The first-order valence-corrected chi connectivity index (χ1v) is 19.4. The van der Waals surface area contributed by atoms with Gasteiger partial charge in [0.25, 0.3) is 0 Å². The summed E-state index contributed by atoms with van der Waals surface area (Å²) >= 11 is 0. The molecule has 3 fully saturated rings. The molecule has 8 nitrogen and oxygen atoms in total. The van der Waals surface area contributed by atoms with E-state index in [0.717, 1.165) is 80.8 Å². The van der Waals surface area contributed by atoms with Gasteiger partial charge >= 0.3 is 0 Å². The Morgan fingerprint density at radius 2 is 2.00 bits per heavy atom. The predicted octanol–water partition coefficient (Wildman–Crippen LogP) is 6.60. The molecule has 0 saturated heterocycles. The van der Waals surface area contributed by atoms with Crippen molar-refractivity contribution in [3.8, 4) is 11.5 Å². The van der Waals surface area contributed by atoms with Crippen molar-refractivity contribution in [3.05, 3.63) is 59.2 Å². The van der Waals surface area contributed by atoms with Gasteiger partial charge in [-0.2, -0.15) is 12.0 Å². The number of allylic oxidation sites excluding steroid dienone is 1. The van der Waals surface area contributed by atoms with Gasteiger partial charge in [-0.05, 0) is 86.9 Å². The van der Waals surface area contributed by atoms with Crippen LogP contribution in [0.4, 0.5) is 0 Å². The number of fused-ring (bicyclic) bond motifs is 3. The summed E-state index contributed by atoms with van der Waals surface area (Å²) in [6.07, 6.45) is 18.9. The van der Waals surface area contributed by atoms with Crippen molar-refractivity contribution in [1.29, 1.82) is 0 Å². The number of aromatic hydroxyl groups is 1. The smallest absolute Gasteiger partial charge is 0.190 e. The van der Waals surface area contributed by atoms with E-state index in [1.807, 2.05) is 25.1 Å². The Balaban J connectivity index is 1.15. The molecule has 1 spiro atoms. The van der Waals surface area contributed by atoms with E-state index in [-0.39, 0.29) is 30.6 Å². The number of benzene rings is 1. The van der Waals surface area contributed by atoms with Crippen molar-refractivity contribution in [1.82, 2.24) is 10.6 Å². The van der Waals surface area contributed by atoms with Crippen LogP contribution >= 0.6 is 0 Å². The SMILES string of the molecule is CCCCC1OC(CCc2ccc(O)c(OC[C@H](NCC)[C+]3C=C4C(=N3)CC3(CCCC3)[C@@H]3CCC[C@@H]3[C@@H]4CNC[C@H](C)O)c2)=C[C-]1CO. The molecule has 1 aromatic rings. The average molecular weight is 676 g/mol. The van der Waals surface area contributed by atoms with E-state index in [1.54, 1.807) is 6.07 Å². The largest absolute Gasteiger partial charge is 0.592 e. The van der Waals surface area contributed by atoms with Gasteiger partial charge in [0.2, 0.25) is 0 Å². The maximum Gasteiger partial charge on any atom is 0.190 e. The van der Waals surface area contributed by atoms with E-state index in [2.05, 4.69) is 30.6 Å². The third-order valence-electron chi connectivity index (χ3n) is 12.0. The van der Waals surface area contributed by atoms with Crippen molar-refractivity contribution >= 4 is 5.71 Å². The average Bonchev–Trinajstić information content (AvgIpc) is 3.90. The Morgan fingerprint density at radius 1 is 1.16 bits per heavy atom. The number of rotatable bonds is 17. The number of phenolic OH excluding ortho intramolecular Hbond substituents is 1. The highest BCUT2D eigenvalue weighted by molar-refractivity contribution is 6.04. The quantitative estimate of drug-likeness (QED) is 0.118. The summed E-state index contributed by atoms with van der Waals surface area (Å²) in [5.41, 5.74) is 4.13. The lowest BCUT2D eigenvalue weighted by atomic mass is 9.66. The fourth-order valence-corrected chi connectivity index (χ4v) is 9.67. The van der Waals surface area contributed by atoms with Gasteiger partial charge in [-0.3, -0.25) is 5.32 Å². The number of ether oxygens (including phenoxy) is 2. The highest BCUT2D eigenvalue weighted by atomic mass is 16.5. The van der Waals surface area contributed by atoms with Gasteiger partial charge in [-0.25, -0.2) is 0 Å². The summed E-state index contributed by atoms with van der Waals surface area (Å²) in [6, 6.07) is 6.54. The van der Waals surface area contributed by atoms with Crippen LogP contribution in [0, 0.1) is 35.1 Å². The fraction of sp³-hybridized carbons (Fsp3) is 0.683. The van der Waals surface area contributed by atoms with Crippen LogP contribution in [0.2, 0.25) is 0 Å². The van der Waals surface area contributed by atoms with E-state index in [0.29, 0.717) is 36.2 Å². The minimum Gasteiger partial charge on any atom is -0.592 e. The number of likely N-dealkylation sites (N-methyl/N-ethyl adjacent to an activating group) is 1. The number of hydrogen-bond donors (Lipinski definition) is 5. The monoisotopic (exact) mass is 675 g/mol. The Hall–Kier alpha value is -2.65. The molecule has 0 aromatic heterocycles. The molecule has 0 amide bonds. The lowest BCUT2D eigenvalue weighted by Crippen LogP contribution is -2.39. The van der Waals surface area contributed by atoms with Gasteiger partial charge < -0.3 is 30.1 Å². The number of nitrogens with zero attached hydrogens (tertiary/aromatic N) is 1. The third kappa shape index (κ3) is 8.30. The van der Waals surface area contributed by atoms with E-state index in [9.17, 15) is 15.3 Å². The third-order valence-corrected chi connectivity index (χ3v) is 12.0. The number of hydrogen-bond acceptors (Lipinski definition) is 8. The maximum atomic E-state index is 10.8. The summed E-state index contributed by atoms with van der Waals surface area (Å²) in [5.74, 6) is 4.33. The van der Waals surface area contributed by atoms with E-state index < -0.39 is 0 Å². The molecule has 5 N–H and O–H groups in total. The second-order valence-electron chi connectivity index (χ2n) is 15.5. The highest BCUT2D eigenvalue weighted by Gasteiger charge is 2.57. The Kier molecular flexibility index (Phi) is 12.2.